The van der Waals surface area contributed by atoms with E-state index in [9.17, 15) is 9.90 Å². The van der Waals surface area contributed by atoms with E-state index in [1.807, 2.05) is 24.5 Å². The largest absolute Gasteiger partial charge is 0.388 e. The lowest BCUT2D eigenvalue weighted by Gasteiger charge is -2.22. The van der Waals surface area contributed by atoms with Crippen LogP contribution < -0.4 is 5.32 Å². The van der Waals surface area contributed by atoms with Crippen LogP contribution in [-0.2, 0) is 4.79 Å². The summed E-state index contributed by atoms with van der Waals surface area (Å²) in [6.07, 6.45) is 5.71. The van der Waals surface area contributed by atoms with Crippen LogP contribution in [0.4, 0.5) is 0 Å². The Kier molecular flexibility index (Phi) is 7.13. The maximum atomic E-state index is 11.7. The van der Waals surface area contributed by atoms with Crippen LogP contribution in [0.1, 0.15) is 18.9 Å². The Hall–Kier alpha value is -0.970. The first-order valence-corrected chi connectivity index (χ1v) is 8.13. The number of benzene rings is 1. The Bertz CT molecular complexity index is 475. The number of aliphatic hydroxyl groups is 1. The normalized spacial score (nSPS) is 14.2. The maximum Gasteiger partial charge on any atom is 0.244 e. The van der Waals surface area contributed by atoms with Crippen molar-refractivity contribution in [2.75, 3.05) is 18.6 Å². The summed E-state index contributed by atoms with van der Waals surface area (Å²) >= 11 is 7.66. The van der Waals surface area contributed by atoms with Gasteiger partial charge >= 0.3 is 0 Å². The monoisotopic (exact) mass is 313 g/mol. The second-order valence-electron chi connectivity index (χ2n) is 4.81. The summed E-state index contributed by atoms with van der Waals surface area (Å²) in [5, 5.41) is 13.3. The lowest BCUT2D eigenvalue weighted by Crippen LogP contribution is -2.40. The molecule has 20 heavy (non-hydrogen) atoms. The van der Waals surface area contributed by atoms with E-state index in [-0.39, 0.29) is 12.5 Å². The lowest BCUT2D eigenvalue weighted by atomic mass is 10.0. The standard InChI is InChI=1S/C15H20ClNO2S/c1-15(19,9-10-20-2)11-17-14(18)8-7-12-5-3-4-6-13(12)16/h3-8,19H,9-11H2,1-2H3,(H,17,18)/b8-7+/t15-/m0/s1. The number of hydrogen-bond acceptors (Lipinski definition) is 3. The zero-order chi connectivity index (χ0) is 15.0. The van der Waals surface area contributed by atoms with Crippen molar-refractivity contribution in [3.8, 4) is 0 Å². The first kappa shape index (κ1) is 17.1. The van der Waals surface area contributed by atoms with E-state index in [0.717, 1.165) is 11.3 Å². The molecule has 0 saturated carbocycles. The Labute approximate surface area is 129 Å². The van der Waals surface area contributed by atoms with E-state index >= 15 is 0 Å². The Morgan fingerprint density at radius 1 is 1.50 bits per heavy atom. The summed E-state index contributed by atoms with van der Waals surface area (Å²) in [6, 6.07) is 7.30. The highest BCUT2D eigenvalue weighted by atomic mass is 35.5. The van der Waals surface area contributed by atoms with Gasteiger partial charge in [0, 0.05) is 17.6 Å². The van der Waals surface area contributed by atoms with E-state index in [1.54, 1.807) is 30.8 Å². The van der Waals surface area contributed by atoms with Crippen molar-refractivity contribution in [3.63, 3.8) is 0 Å². The molecule has 0 fully saturated rings. The number of hydrogen-bond donors (Lipinski definition) is 2. The number of thioether (sulfide) groups is 1. The molecular weight excluding hydrogens is 294 g/mol. The molecule has 0 aromatic heterocycles. The van der Waals surface area contributed by atoms with Gasteiger partial charge in [-0.25, -0.2) is 0 Å². The zero-order valence-corrected chi connectivity index (χ0v) is 13.3. The van der Waals surface area contributed by atoms with Gasteiger partial charge in [-0.05, 0) is 43.1 Å². The van der Waals surface area contributed by atoms with Crippen molar-refractivity contribution in [1.82, 2.24) is 5.32 Å². The summed E-state index contributed by atoms with van der Waals surface area (Å²) in [5.74, 6) is 0.618. The lowest BCUT2D eigenvalue weighted by molar-refractivity contribution is -0.117. The zero-order valence-electron chi connectivity index (χ0n) is 11.7. The summed E-state index contributed by atoms with van der Waals surface area (Å²) in [6.45, 7) is 1.96. The number of halogens is 1. The van der Waals surface area contributed by atoms with Crippen LogP contribution in [0, 0.1) is 0 Å². The van der Waals surface area contributed by atoms with Crippen LogP contribution >= 0.6 is 23.4 Å². The van der Waals surface area contributed by atoms with Crippen LogP contribution in [0.3, 0.4) is 0 Å². The minimum Gasteiger partial charge on any atom is -0.388 e. The average Bonchev–Trinajstić information content (AvgIpc) is 2.42. The Morgan fingerprint density at radius 2 is 2.20 bits per heavy atom. The van der Waals surface area contributed by atoms with Crippen molar-refractivity contribution >= 4 is 35.3 Å². The SMILES string of the molecule is CSCC[C@](C)(O)CNC(=O)/C=C/c1ccccc1Cl. The van der Waals surface area contributed by atoms with Crippen LogP contribution in [0.15, 0.2) is 30.3 Å². The van der Waals surface area contributed by atoms with Crippen LogP contribution in [0.5, 0.6) is 0 Å². The van der Waals surface area contributed by atoms with Gasteiger partial charge in [0.2, 0.25) is 5.91 Å². The third-order valence-corrected chi connectivity index (χ3v) is 3.76. The molecule has 110 valence electrons. The van der Waals surface area contributed by atoms with E-state index in [4.69, 9.17) is 11.6 Å². The molecule has 0 aliphatic rings. The van der Waals surface area contributed by atoms with Gasteiger partial charge in [0.15, 0.2) is 0 Å². The van der Waals surface area contributed by atoms with Crippen molar-refractivity contribution in [2.45, 2.75) is 18.9 Å². The van der Waals surface area contributed by atoms with Crippen molar-refractivity contribution < 1.29 is 9.90 Å². The fourth-order valence-electron chi connectivity index (χ4n) is 1.52. The molecule has 0 aliphatic heterocycles. The van der Waals surface area contributed by atoms with E-state index in [2.05, 4.69) is 5.32 Å². The second-order valence-corrected chi connectivity index (χ2v) is 6.21. The number of carbonyl (C=O) groups excluding carboxylic acids is 1. The minimum atomic E-state index is -0.878. The van der Waals surface area contributed by atoms with Crippen LogP contribution in [0.2, 0.25) is 5.02 Å². The van der Waals surface area contributed by atoms with Gasteiger partial charge in [-0.1, -0.05) is 29.8 Å². The highest BCUT2D eigenvalue weighted by Crippen LogP contribution is 2.16. The van der Waals surface area contributed by atoms with Gasteiger partial charge in [0.25, 0.3) is 0 Å². The van der Waals surface area contributed by atoms with Gasteiger partial charge in [-0.15, -0.1) is 0 Å². The highest BCUT2D eigenvalue weighted by molar-refractivity contribution is 7.98. The van der Waals surface area contributed by atoms with Gasteiger partial charge in [0.05, 0.1) is 5.60 Å². The van der Waals surface area contributed by atoms with Crippen molar-refractivity contribution in [2.24, 2.45) is 0 Å². The second kappa shape index (κ2) is 8.35. The third-order valence-electron chi connectivity index (χ3n) is 2.81. The van der Waals surface area contributed by atoms with E-state index in [1.165, 1.54) is 6.08 Å². The molecule has 0 saturated heterocycles. The molecule has 5 heteroatoms. The van der Waals surface area contributed by atoms with E-state index < -0.39 is 5.60 Å². The predicted molar refractivity (Wildman–Crippen MR) is 87.1 cm³/mol. The predicted octanol–water partition coefficient (Wildman–Crippen LogP) is 2.97. The fraction of sp³-hybridized carbons (Fsp3) is 0.400. The smallest absolute Gasteiger partial charge is 0.244 e. The molecule has 1 aromatic rings. The molecule has 1 aromatic carbocycles. The van der Waals surface area contributed by atoms with Crippen molar-refractivity contribution in [1.29, 1.82) is 0 Å². The molecule has 0 radical (unpaired) electrons. The molecule has 1 atom stereocenters. The molecule has 0 bridgehead atoms. The van der Waals surface area contributed by atoms with Gasteiger partial charge < -0.3 is 10.4 Å². The number of amides is 1. The average molecular weight is 314 g/mol. The third kappa shape index (κ3) is 6.46. The van der Waals surface area contributed by atoms with Gasteiger partial charge in [-0.2, -0.15) is 11.8 Å². The quantitative estimate of drug-likeness (QED) is 0.761. The van der Waals surface area contributed by atoms with Gasteiger partial charge in [0.1, 0.15) is 0 Å². The number of nitrogens with one attached hydrogen (secondary N) is 1. The topological polar surface area (TPSA) is 49.3 Å². The van der Waals surface area contributed by atoms with Crippen molar-refractivity contribution in [3.05, 3.63) is 40.9 Å². The molecule has 0 spiro atoms. The molecule has 1 rings (SSSR count). The first-order chi connectivity index (χ1) is 9.44. The number of rotatable bonds is 7. The maximum absolute atomic E-state index is 11.7. The fourth-order valence-corrected chi connectivity index (χ4v) is 2.37. The van der Waals surface area contributed by atoms with Crippen LogP contribution in [0.25, 0.3) is 6.08 Å². The summed E-state index contributed by atoms with van der Waals surface area (Å²) in [4.78, 5) is 11.7. The Morgan fingerprint density at radius 3 is 2.85 bits per heavy atom. The van der Waals surface area contributed by atoms with Gasteiger partial charge in [-0.3, -0.25) is 4.79 Å². The minimum absolute atomic E-state index is 0.235. The molecule has 3 nitrogen and oxygen atoms in total. The molecular formula is C15H20ClNO2S. The van der Waals surface area contributed by atoms with Crippen LogP contribution in [-0.4, -0.2) is 35.2 Å². The molecule has 2 N–H and O–H groups in total. The Balaban J connectivity index is 2.46. The first-order valence-electron chi connectivity index (χ1n) is 6.36. The number of carbonyl (C=O) groups is 1. The molecule has 0 aliphatic carbocycles. The molecule has 0 unspecified atom stereocenters. The summed E-state index contributed by atoms with van der Waals surface area (Å²) in [7, 11) is 0. The molecule has 0 heterocycles. The molecule has 1 amide bonds. The highest BCUT2D eigenvalue weighted by Gasteiger charge is 2.19. The van der Waals surface area contributed by atoms with E-state index in [0.29, 0.717) is 11.4 Å². The summed E-state index contributed by atoms with van der Waals surface area (Å²) < 4.78 is 0. The summed E-state index contributed by atoms with van der Waals surface area (Å²) in [5.41, 5.74) is -0.0878.